The van der Waals surface area contributed by atoms with Crippen LogP contribution in [-0.4, -0.2) is 32.4 Å². The molecule has 0 aliphatic carbocycles. The van der Waals surface area contributed by atoms with Crippen LogP contribution in [0.2, 0.25) is 0 Å². The highest BCUT2D eigenvalue weighted by Gasteiger charge is 2.32. The molecular formula is C15H18N2O3S. The van der Waals surface area contributed by atoms with E-state index >= 15 is 0 Å². The van der Waals surface area contributed by atoms with Crippen molar-refractivity contribution in [3.05, 3.63) is 29.3 Å². The molecule has 1 heterocycles. The number of aryl methyl sites for hydroxylation is 1. The number of carbonyl (C=O) groups is 1. The average molecular weight is 306 g/mol. The number of amides is 1. The molecule has 1 aromatic carbocycles. The second kappa shape index (κ2) is 6.29. The molecule has 2 rings (SSSR count). The second-order valence-electron chi connectivity index (χ2n) is 5.12. The summed E-state index contributed by atoms with van der Waals surface area (Å²) in [6.45, 7) is 2.20. The van der Waals surface area contributed by atoms with Crippen LogP contribution in [0.15, 0.2) is 18.2 Å². The second-order valence-corrected chi connectivity index (χ2v) is 7.35. The number of nitrogens with two attached hydrogens (primary N) is 1. The maximum atomic E-state index is 12.1. The van der Waals surface area contributed by atoms with Gasteiger partial charge in [0.05, 0.1) is 24.0 Å². The number of carbonyl (C=O) groups excluding carboxylic acids is 1. The number of benzene rings is 1. The molecule has 3 N–H and O–H groups in total. The molecule has 21 heavy (non-hydrogen) atoms. The molecule has 0 bridgehead atoms. The van der Waals surface area contributed by atoms with Gasteiger partial charge in [0.2, 0.25) is 5.91 Å². The Labute approximate surface area is 124 Å². The highest BCUT2D eigenvalue weighted by atomic mass is 32.2. The van der Waals surface area contributed by atoms with Crippen molar-refractivity contribution < 1.29 is 13.2 Å². The van der Waals surface area contributed by atoms with E-state index in [1.54, 1.807) is 6.07 Å². The zero-order chi connectivity index (χ0) is 15.5. The lowest BCUT2D eigenvalue weighted by molar-refractivity contribution is -0.119. The van der Waals surface area contributed by atoms with Crippen molar-refractivity contribution in [2.45, 2.75) is 13.3 Å². The van der Waals surface area contributed by atoms with E-state index in [0.717, 1.165) is 11.1 Å². The molecule has 1 aromatic rings. The van der Waals surface area contributed by atoms with Gasteiger partial charge in [-0.2, -0.15) is 0 Å². The Hall–Kier alpha value is -1.84. The van der Waals surface area contributed by atoms with E-state index in [2.05, 4.69) is 17.2 Å². The van der Waals surface area contributed by atoms with Crippen LogP contribution in [0.25, 0.3) is 0 Å². The molecule has 0 spiro atoms. The van der Waals surface area contributed by atoms with Crippen molar-refractivity contribution in [2.24, 2.45) is 11.7 Å². The van der Waals surface area contributed by atoms with Gasteiger partial charge in [0.1, 0.15) is 0 Å². The largest absolute Gasteiger partial charge is 0.326 e. The molecule has 1 saturated heterocycles. The number of nitrogens with one attached hydrogen (secondary N) is 1. The van der Waals surface area contributed by atoms with Crippen LogP contribution in [0.1, 0.15) is 17.5 Å². The molecule has 1 unspecified atom stereocenters. The number of hydrogen-bond donors (Lipinski definition) is 2. The van der Waals surface area contributed by atoms with Gasteiger partial charge in [-0.25, -0.2) is 8.42 Å². The summed E-state index contributed by atoms with van der Waals surface area (Å²) in [6.07, 6.45) is 0.396. The number of rotatable bonds is 2. The van der Waals surface area contributed by atoms with Gasteiger partial charge in [-0.15, -0.1) is 0 Å². The van der Waals surface area contributed by atoms with Gasteiger partial charge >= 0.3 is 0 Å². The third-order valence-corrected chi connectivity index (χ3v) is 5.19. The standard InChI is InChI=1S/C15H18N2O3S/c1-11-9-14(5-4-12(11)3-2-7-16)17-15(18)13-6-8-21(19,20)10-13/h4-5,9,13H,6-8,10,16H2,1H3,(H,17,18). The lowest BCUT2D eigenvalue weighted by Gasteiger charge is -2.10. The molecule has 1 fully saturated rings. The van der Waals surface area contributed by atoms with Gasteiger partial charge in [0.15, 0.2) is 9.84 Å². The summed E-state index contributed by atoms with van der Waals surface area (Å²) in [5, 5.41) is 2.77. The van der Waals surface area contributed by atoms with Crippen molar-refractivity contribution in [1.29, 1.82) is 0 Å². The number of hydrogen-bond acceptors (Lipinski definition) is 4. The van der Waals surface area contributed by atoms with Gasteiger partial charge in [-0.1, -0.05) is 11.8 Å². The quantitative estimate of drug-likeness (QED) is 0.786. The van der Waals surface area contributed by atoms with E-state index in [1.807, 2.05) is 19.1 Å². The van der Waals surface area contributed by atoms with Crippen molar-refractivity contribution in [3.63, 3.8) is 0 Å². The minimum atomic E-state index is -3.05. The zero-order valence-electron chi connectivity index (χ0n) is 11.8. The summed E-state index contributed by atoms with van der Waals surface area (Å²) >= 11 is 0. The van der Waals surface area contributed by atoms with E-state index in [4.69, 9.17) is 5.73 Å². The van der Waals surface area contributed by atoms with E-state index < -0.39 is 15.8 Å². The third kappa shape index (κ3) is 4.06. The molecule has 5 nitrogen and oxygen atoms in total. The van der Waals surface area contributed by atoms with Crippen LogP contribution in [0.4, 0.5) is 5.69 Å². The van der Waals surface area contributed by atoms with Gasteiger partial charge < -0.3 is 11.1 Å². The predicted octanol–water partition coefficient (Wildman–Crippen LogP) is 0.678. The molecule has 0 radical (unpaired) electrons. The topological polar surface area (TPSA) is 89.3 Å². The van der Waals surface area contributed by atoms with Crippen LogP contribution < -0.4 is 11.1 Å². The van der Waals surface area contributed by atoms with Gasteiger partial charge in [0, 0.05) is 11.3 Å². The van der Waals surface area contributed by atoms with Gasteiger partial charge in [0.25, 0.3) is 0 Å². The van der Waals surface area contributed by atoms with Crippen molar-refractivity contribution in [1.82, 2.24) is 0 Å². The Morgan fingerprint density at radius 1 is 1.48 bits per heavy atom. The zero-order valence-corrected chi connectivity index (χ0v) is 12.7. The Balaban J connectivity index is 2.07. The first-order valence-electron chi connectivity index (χ1n) is 6.72. The van der Waals surface area contributed by atoms with E-state index in [1.165, 1.54) is 0 Å². The van der Waals surface area contributed by atoms with Crippen LogP contribution in [0.5, 0.6) is 0 Å². The Bertz CT molecular complexity index is 714. The first-order valence-corrected chi connectivity index (χ1v) is 8.54. The summed E-state index contributed by atoms with van der Waals surface area (Å²) in [6, 6.07) is 5.40. The summed E-state index contributed by atoms with van der Waals surface area (Å²) in [5.74, 6) is 5.08. The minimum absolute atomic E-state index is 0.0577. The smallest absolute Gasteiger partial charge is 0.228 e. The average Bonchev–Trinajstić information content (AvgIpc) is 2.78. The fourth-order valence-electron chi connectivity index (χ4n) is 2.27. The summed E-state index contributed by atoms with van der Waals surface area (Å²) in [4.78, 5) is 12.1. The Morgan fingerprint density at radius 2 is 2.24 bits per heavy atom. The molecule has 1 atom stereocenters. The molecule has 6 heteroatoms. The van der Waals surface area contributed by atoms with E-state index in [9.17, 15) is 13.2 Å². The van der Waals surface area contributed by atoms with Crippen molar-refractivity contribution >= 4 is 21.4 Å². The van der Waals surface area contributed by atoms with Crippen molar-refractivity contribution in [2.75, 3.05) is 23.4 Å². The Morgan fingerprint density at radius 3 is 2.81 bits per heavy atom. The maximum Gasteiger partial charge on any atom is 0.228 e. The highest BCUT2D eigenvalue weighted by molar-refractivity contribution is 7.91. The molecule has 1 amide bonds. The van der Waals surface area contributed by atoms with Crippen LogP contribution >= 0.6 is 0 Å². The molecular weight excluding hydrogens is 288 g/mol. The van der Waals surface area contributed by atoms with E-state index in [-0.39, 0.29) is 17.4 Å². The lowest BCUT2D eigenvalue weighted by atomic mass is 10.1. The van der Waals surface area contributed by atoms with E-state index in [0.29, 0.717) is 18.7 Å². The van der Waals surface area contributed by atoms with Crippen LogP contribution in [-0.2, 0) is 14.6 Å². The number of sulfone groups is 1. The first-order chi connectivity index (χ1) is 9.91. The molecule has 1 aliphatic rings. The molecule has 112 valence electrons. The summed E-state index contributed by atoms with van der Waals surface area (Å²) in [5.41, 5.74) is 7.79. The third-order valence-electron chi connectivity index (χ3n) is 3.42. The number of anilines is 1. The minimum Gasteiger partial charge on any atom is -0.326 e. The van der Waals surface area contributed by atoms with Gasteiger partial charge in [-0.3, -0.25) is 4.79 Å². The monoisotopic (exact) mass is 306 g/mol. The fourth-order valence-corrected chi connectivity index (χ4v) is 4.02. The fraction of sp³-hybridized carbons (Fsp3) is 0.400. The van der Waals surface area contributed by atoms with Crippen LogP contribution in [0, 0.1) is 24.7 Å². The SMILES string of the molecule is Cc1cc(NC(=O)C2CCS(=O)(=O)C2)ccc1C#CCN. The molecule has 0 saturated carbocycles. The predicted molar refractivity (Wildman–Crippen MR) is 82.5 cm³/mol. The molecule has 1 aliphatic heterocycles. The summed E-state index contributed by atoms with van der Waals surface area (Å²) < 4.78 is 22.8. The highest BCUT2D eigenvalue weighted by Crippen LogP contribution is 2.21. The van der Waals surface area contributed by atoms with Gasteiger partial charge in [-0.05, 0) is 37.1 Å². The Kier molecular flexibility index (Phi) is 4.66. The molecule has 0 aromatic heterocycles. The summed E-state index contributed by atoms with van der Waals surface area (Å²) in [7, 11) is -3.05. The maximum absolute atomic E-state index is 12.1. The lowest BCUT2D eigenvalue weighted by Crippen LogP contribution is -2.23. The normalized spacial score (nSPS) is 19.6. The van der Waals surface area contributed by atoms with Crippen molar-refractivity contribution in [3.8, 4) is 11.8 Å². The first kappa shape index (κ1) is 15.5. The van der Waals surface area contributed by atoms with Crippen LogP contribution in [0.3, 0.4) is 0 Å².